The molecule has 4 aliphatic heterocycles. The Balaban J connectivity index is 0.000000159. The number of rotatable bonds is 8. The number of ether oxygens (including phenoxy) is 2. The van der Waals surface area contributed by atoms with Gasteiger partial charge in [0.25, 0.3) is 12.9 Å². The Morgan fingerprint density at radius 2 is 1.01 bits per heavy atom. The molecule has 6 aromatic heterocycles. The monoisotopic (exact) mass is 1090 g/mol. The van der Waals surface area contributed by atoms with Gasteiger partial charge in [0.1, 0.15) is 0 Å². The van der Waals surface area contributed by atoms with Crippen molar-refractivity contribution in [1.82, 2.24) is 78.2 Å². The molecule has 0 bridgehead atoms. The smallest absolute Gasteiger partial charge is 0.319 e. The summed E-state index contributed by atoms with van der Waals surface area (Å²) in [5.74, 6) is 0.813. The van der Waals surface area contributed by atoms with Crippen LogP contribution in [-0.4, -0.2) is 191 Å². The minimum absolute atomic E-state index is 0.00957. The SMILES string of the molecule is CN(C)C(=O)Cl.CN(C)C(=O)N1CCC(n2cnc3c(-n4c(C(F)F)nc5ccccc54)nc(N4CCOCC4)nc32)CC1.FC(F)c1nc2ccccc2n1-c1nc(N2CCOCC2)nc2c1ncn2C1CCNCC1. The first-order valence-corrected chi connectivity index (χ1v) is 25.8. The van der Waals surface area contributed by atoms with E-state index in [-0.39, 0.29) is 35.6 Å². The highest BCUT2D eigenvalue weighted by Crippen LogP contribution is 2.36. The van der Waals surface area contributed by atoms with Crippen LogP contribution in [0.5, 0.6) is 0 Å². The fraction of sp³-hybridized carbons (Fsp3) is 0.480. The fourth-order valence-electron chi connectivity index (χ4n) is 9.97. The van der Waals surface area contributed by atoms with E-state index in [1.807, 2.05) is 25.3 Å². The quantitative estimate of drug-likeness (QED) is 0.0922. The van der Waals surface area contributed by atoms with E-state index >= 15 is 0 Å². The number of hydrogen-bond donors (Lipinski definition) is 1. The van der Waals surface area contributed by atoms with Crippen molar-refractivity contribution in [2.24, 2.45) is 0 Å². The Labute approximate surface area is 444 Å². The molecule has 408 valence electrons. The molecule has 77 heavy (non-hydrogen) atoms. The lowest BCUT2D eigenvalue weighted by Gasteiger charge is -2.34. The van der Waals surface area contributed by atoms with Gasteiger partial charge in [-0.15, -0.1) is 0 Å². The van der Waals surface area contributed by atoms with Crippen LogP contribution in [0.4, 0.5) is 39.0 Å². The van der Waals surface area contributed by atoms with E-state index in [9.17, 15) is 27.2 Å². The van der Waals surface area contributed by atoms with Crippen LogP contribution >= 0.6 is 11.6 Å². The number of hydrogen-bond acceptors (Lipinski definition) is 15. The maximum absolute atomic E-state index is 14.2. The van der Waals surface area contributed by atoms with Crippen LogP contribution in [0.25, 0.3) is 56.0 Å². The third kappa shape index (κ3) is 11.0. The minimum Gasteiger partial charge on any atom is -0.378 e. The van der Waals surface area contributed by atoms with Crippen molar-refractivity contribution >= 4 is 79.3 Å². The molecule has 0 saturated carbocycles. The van der Waals surface area contributed by atoms with Crippen LogP contribution in [0.2, 0.25) is 0 Å². The van der Waals surface area contributed by atoms with E-state index in [1.165, 1.54) is 14.0 Å². The molecule has 0 radical (unpaired) electrons. The lowest BCUT2D eigenvalue weighted by atomic mass is 10.1. The second kappa shape index (κ2) is 23.1. The number of benzene rings is 2. The molecule has 4 saturated heterocycles. The summed E-state index contributed by atoms with van der Waals surface area (Å²) in [6, 6.07) is 14.4. The molecule has 4 fully saturated rings. The summed E-state index contributed by atoms with van der Waals surface area (Å²) in [6.07, 6.45) is 1.27. The van der Waals surface area contributed by atoms with Gasteiger partial charge in [-0.1, -0.05) is 24.3 Å². The first-order chi connectivity index (χ1) is 37.3. The number of morpholine rings is 2. The molecule has 4 aliphatic rings. The molecule has 12 rings (SSSR count). The predicted molar refractivity (Wildman–Crippen MR) is 281 cm³/mol. The highest BCUT2D eigenvalue weighted by Gasteiger charge is 2.32. The van der Waals surface area contributed by atoms with Gasteiger partial charge in [0, 0.05) is 79.5 Å². The number of nitrogens with one attached hydrogen (secondary N) is 1. The van der Waals surface area contributed by atoms with Crippen molar-refractivity contribution in [3.8, 4) is 11.6 Å². The van der Waals surface area contributed by atoms with Crippen molar-refractivity contribution < 1.29 is 36.6 Å². The van der Waals surface area contributed by atoms with Crippen molar-refractivity contribution in [3.05, 3.63) is 72.8 Å². The maximum atomic E-state index is 14.2. The highest BCUT2D eigenvalue weighted by atomic mass is 35.5. The van der Waals surface area contributed by atoms with Crippen molar-refractivity contribution in [2.45, 2.75) is 50.6 Å². The van der Waals surface area contributed by atoms with Gasteiger partial charge in [-0.2, -0.15) is 19.9 Å². The number of carbonyl (C=O) groups excluding carboxylic acids is 2. The molecule has 3 amide bonds. The molecule has 22 nitrogen and oxygen atoms in total. The van der Waals surface area contributed by atoms with E-state index in [0.717, 1.165) is 38.8 Å². The minimum atomic E-state index is -2.81. The maximum Gasteiger partial charge on any atom is 0.319 e. The summed E-state index contributed by atoms with van der Waals surface area (Å²) < 4.78 is 74.6. The molecule has 0 atom stereocenters. The molecule has 10 heterocycles. The Morgan fingerprint density at radius 1 is 0.597 bits per heavy atom. The number of aromatic nitrogens is 12. The van der Waals surface area contributed by atoms with E-state index in [0.29, 0.717) is 128 Å². The third-order valence-corrected chi connectivity index (χ3v) is 14.3. The van der Waals surface area contributed by atoms with Crippen LogP contribution in [0.15, 0.2) is 61.2 Å². The van der Waals surface area contributed by atoms with Crippen LogP contribution in [0, 0.1) is 0 Å². The Hall–Kier alpha value is -7.29. The second-order valence-electron chi connectivity index (χ2n) is 19.3. The van der Waals surface area contributed by atoms with Gasteiger partial charge in [0.05, 0.1) is 61.1 Å². The zero-order valence-electron chi connectivity index (χ0n) is 43.0. The van der Waals surface area contributed by atoms with Crippen LogP contribution in [-0.2, 0) is 9.47 Å². The molecule has 8 aromatic rings. The highest BCUT2D eigenvalue weighted by molar-refractivity contribution is 6.62. The number of piperidine rings is 2. The Morgan fingerprint density at radius 3 is 1.42 bits per heavy atom. The number of likely N-dealkylation sites (tertiary alicyclic amines) is 1. The van der Waals surface area contributed by atoms with E-state index in [2.05, 4.69) is 29.8 Å². The summed E-state index contributed by atoms with van der Waals surface area (Å²) in [6.45, 7) is 7.72. The van der Waals surface area contributed by atoms with Gasteiger partial charge in [-0.05, 0) is 74.6 Å². The number of fused-ring (bicyclic) bond motifs is 4. The largest absolute Gasteiger partial charge is 0.378 e. The zero-order chi connectivity index (χ0) is 53.9. The topological polar surface area (TPSA) is 204 Å². The van der Waals surface area contributed by atoms with Gasteiger partial charge >= 0.3 is 11.4 Å². The molecule has 1 N–H and O–H groups in total. The first kappa shape index (κ1) is 53.1. The number of carbonyl (C=O) groups is 2. The van der Waals surface area contributed by atoms with Crippen LogP contribution in [0.1, 0.15) is 62.3 Å². The predicted octanol–water partition coefficient (Wildman–Crippen LogP) is 7.03. The number of halogens is 5. The molecule has 0 aliphatic carbocycles. The lowest BCUT2D eigenvalue weighted by Crippen LogP contribution is -2.44. The van der Waals surface area contributed by atoms with Gasteiger partial charge in [-0.25, -0.2) is 42.3 Å². The summed E-state index contributed by atoms with van der Waals surface area (Å²) in [5.41, 5.74) is 4.20. The third-order valence-electron chi connectivity index (χ3n) is 13.9. The normalized spacial score (nSPS) is 16.8. The summed E-state index contributed by atoms with van der Waals surface area (Å²) in [4.78, 5) is 68.0. The average Bonchev–Trinajstić information content (AvgIpc) is 4.29. The summed E-state index contributed by atoms with van der Waals surface area (Å²) in [7, 11) is 6.68. The average molecular weight is 1090 g/mol. The Bertz CT molecular complexity index is 3360. The number of nitrogens with zero attached hydrogens (tertiary/aromatic N) is 17. The van der Waals surface area contributed by atoms with E-state index in [4.69, 9.17) is 41.0 Å². The second-order valence-corrected chi connectivity index (χ2v) is 19.6. The number of amides is 3. The van der Waals surface area contributed by atoms with Crippen molar-refractivity contribution in [1.29, 1.82) is 0 Å². The number of urea groups is 1. The Kier molecular flexibility index (Phi) is 16.0. The van der Waals surface area contributed by atoms with Gasteiger partial charge in [-0.3, -0.25) is 13.9 Å². The number of para-hydroxylation sites is 4. The fourth-order valence-corrected chi connectivity index (χ4v) is 9.97. The molecular weight excluding hydrogens is 1030 g/mol. The van der Waals surface area contributed by atoms with Crippen LogP contribution in [0.3, 0.4) is 0 Å². The van der Waals surface area contributed by atoms with Crippen molar-refractivity contribution in [2.75, 3.05) is 117 Å². The molecule has 0 unspecified atom stereocenters. The van der Waals surface area contributed by atoms with Gasteiger partial charge in [0.2, 0.25) is 11.9 Å². The van der Waals surface area contributed by atoms with Gasteiger partial charge < -0.3 is 48.4 Å². The lowest BCUT2D eigenvalue weighted by molar-refractivity contribution is 0.122. The van der Waals surface area contributed by atoms with Crippen molar-refractivity contribution in [3.63, 3.8) is 0 Å². The number of anilines is 2. The molecule has 0 spiro atoms. The summed E-state index contributed by atoms with van der Waals surface area (Å²) in [5, 5.41) is 2.94. The van der Waals surface area contributed by atoms with Crippen LogP contribution < -0.4 is 15.1 Å². The van der Waals surface area contributed by atoms with E-state index in [1.54, 1.807) is 88.2 Å². The molecule has 2 aromatic carbocycles. The zero-order valence-corrected chi connectivity index (χ0v) is 43.8. The molecule has 27 heteroatoms. The summed E-state index contributed by atoms with van der Waals surface area (Å²) >= 11 is 4.90. The molecular formula is C50H59ClF4N18O4. The standard InChI is InChI=1S/C25H29F2N9O2.C22H24F2N8O.C3H6ClNO/c1-32(2)25(37)34-9-7-16(8-10-34)35-15-28-19-21(35)30-24(33-11-13-38-14-12-33)31-22(19)36-18-6-4-3-5-17(18)29-23(36)20(26)27;23-18(24)21-27-15-3-1-2-4-16(15)32(21)20-17-19(28-22(29-20)30-9-11-33-12-10-30)31(13-26-17)14-5-7-25-8-6-14;1-5(2)3(4)6/h3-6,15-16,20H,7-14H2,1-2H3;1-4,13-14,18,25H,5-12H2;1-2H3. The first-order valence-electron chi connectivity index (χ1n) is 25.5. The number of imidazole rings is 4. The van der Waals surface area contributed by atoms with Gasteiger partial charge in [0.15, 0.2) is 45.6 Å². The number of alkyl halides is 4. The van der Waals surface area contributed by atoms with E-state index < -0.39 is 18.2 Å².